The number of aryl methyl sites for hydroxylation is 1. The third-order valence-corrected chi connectivity index (χ3v) is 6.90. The van der Waals surface area contributed by atoms with Gasteiger partial charge in [-0.2, -0.15) is 0 Å². The number of hydrogen-bond donors (Lipinski definition) is 0. The lowest BCUT2D eigenvalue weighted by Gasteiger charge is -2.34. The van der Waals surface area contributed by atoms with Gasteiger partial charge in [-0.15, -0.1) is 0 Å². The van der Waals surface area contributed by atoms with Gasteiger partial charge in [0.05, 0.1) is 22.9 Å². The minimum atomic E-state index is -0.242. The first-order chi connectivity index (χ1) is 15.5. The lowest BCUT2D eigenvalue weighted by molar-refractivity contribution is -0.137. The van der Waals surface area contributed by atoms with E-state index >= 15 is 0 Å². The third-order valence-electron chi connectivity index (χ3n) is 6.90. The van der Waals surface area contributed by atoms with Crippen molar-refractivity contribution in [3.8, 4) is 11.3 Å². The van der Waals surface area contributed by atoms with E-state index in [9.17, 15) is 9.59 Å². The molecular weight excluding hydrogens is 408 g/mol. The normalized spacial score (nSPS) is 23.9. The number of carbonyl (C=O) groups excluding carboxylic acids is 2. The highest BCUT2D eigenvalue weighted by atomic mass is 16.5. The van der Waals surface area contributed by atoms with E-state index < -0.39 is 0 Å². The summed E-state index contributed by atoms with van der Waals surface area (Å²) in [4.78, 5) is 40.6. The molecule has 3 fully saturated rings. The molecular formula is C23H30N6O3. The van der Waals surface area contributed by atoms with Gasteiger partial charge in [-0.3, -0.25) is 9.59 Å². The van der Waals surface area contributed by atoms with Crippen molar-refractivity contribution in [2.24, 2.45) is 5.92 Å². The van der Waals surface area contributed by atoms with E-state index in [2.05, 4.69) is 15.0 Å². The first-order valence-corrected chi connectivity index (χ1v) is 11.6. The van der Waals surface area contributed by atoms with E-state index in [0.717, 1.165) is 68.2 Å². The van der Waals surface area contributed by atoms with E-state index in [4.69, 9.17) is 9.51 Å². The van der Waals surface area contributed by atoms with Crippen molar-refractivity contribution >= 4 is 17.8 Å². The van der Waals surface area contributed by atoms with Crippen molar-refractivity contribution in [2.75, 3.05) is 44.7 Å². The number of anilines is 1. The van der Waals surface area contributed by atoms with Gasteiger partial charge in [-0.25, -0.2) is 9.97 Å². The Hall–Kier alpha value is -2.97. The van der Waals surface area contributed by atoms with Crippen LogP contribution in [0.5, 0.6) is 0 Å². The van der Waals surface area contributed by atoms with Gasteiger partial charge in [-0.1, -0.05) is 5.16 Å². The zero-order valence-corrected chi connectivity index (χ0v) is 18.8. The predicted octanol–water partition coefficient (Wildman–Crippen LogP) is 2.22. The second-order valence-corrected chi connectivity index (χ2v) is 9.29. The Kier molecular flexibility index (Phi) is 5.57. The average molecular weight is 439 g/mol. The molecule has 9 heteroatoms. The smallest absolute Gasteiger partial charge is 0.228 e. The molecule has 2 aromatic rings. The highest BCUT2D eigenvalue weighted by Crippen LogP contribution is 2.35. The molecule has 5 heterocycles. The molecule has 0 bridgehead atoms. The number of amides is 2. The van der Waals surface area contributed by atoms with Crippen LogP contribution in [0.25, 0.3) is 11.3 Å². The van der Waals surface area contributed by atoms with Crippen LogP contribution in [-0.4, -0.2) is 76.5 Å². The van der Waals surface area contributed by atoms with Gasteiger partial charge in [0, 0.05) is 64.4 Å². The molecule has 3 aliphatic heterocycles. The fraction of sp³-hybridized carbons (Fsp3) is 0.609. The fourth-order valence-corrected chi connectivity index (χ4v) is 5.13. The molecule has 2 amide bonds. The molecule has 9 nitrogen and oxygen atoms in total. The SMILES string of the molecule is Cc1cc(-c2cnc(N3CCCC3)nc2[C@H]2CCCN(C(=O)[C@H]3CC(=O)N(C)C3)C2)on1. The molecule has 170 valence electrons. The molecule has 5 rings (SSSR count). The quantitative estimate of drug-likeness (QED) is 0.722. The van der Waals surface area contributed by atoms with E-state index in [1.165, 1.54) is 0 Å². The Morgan fingerprint density at radius 1 is 1.16 bits per heavy atom. The molecule has 0 N–H and O–H groups in total. The molecule has 0 aliphatic carbocycles. The number of aromatic nitrogens is 3. The molecule has 0 aromatic carbocycles. The van der Waals surface area contributed by atoms with Crippen molar-refractivity contribution in [3.05, 3.63) is 23.7 Å². The van der Waals surface area contributed by atoms with Crippen molar-refractivity contribution in [1.29, 1.82) is 0 Å². The van der Waals surface area contributed by atoms with Gasteiger partial charge in [0.15, 0.2) is 5.76 Å². The van der Waals surface area contributed by atoms with Crippen molar-refractivity contribution in [1.82, 2.24) is 24.9 Å². The second kappa shape index (κ2) is 8.52. The zero-order chi connectivity index (χ0) is 22.2. The van der Waals surface area contributed by atoms with Crippen molar-refractivity contribution < 1.29 is 14.1 Å². The minimum Gasteiger partial charge on any atom is -0.356 e. The zero-order valence-electron chi connectivity index (χ0n) is 18.8. The lowest BCUT2D eigenvalue weighted by atomic mass is 9.90. The topological polar surface area (TPSA) is 95.7 Å². The summed E-state index contributed by atoms with van der Waals surface area (Å²) in [6.45, 7) is 5.67. The fourth-order valence-electron chi connectivity index (χ4n) is 5.13. The van der Waals surface area contributed by atoms with Crippen LogP contribution in [0.2, 0.25) is 0 Å². The molecule has 0 saturated carbocycles. The summed E-state index contributed by atoms with van der Waals surface area (Å²) in [5.74, 6) is 1.39. The summed E-state index contributed by atoms with van der Waals surface area (Å²) < 4.78 is 5.56. The van der Waals surface area contributed by atoms with Crippen LogP contribution in [0.4, 0.5) is 5.95 Å². The van der Waals surface area contributed by atoms with Crippen LogP contribution < -0.4 is 4.90 Å². The maximum atomic E-state index is 13.2. The number of hydrogen-bond acceptors (Lipinski definition) is 7. The van der Waals surface area contributed by atoms with Gasteiger partial charge in [0.25, 0.3) is 0 Å². The van der Waals surface area contributed by atoms with E-state index in [1.807, 2.05) is 24.1 Å². The van der Waals surface area contributed by atoms with Crippen LogP contribution >= 0.6 is 0 Å². The summed E-state index contributed by atoms with van der Waals surface area (Å²) in [6.07, 6.45) is 6.33. The highest BCUT2D eigenvalue weighted by molar-refractivity contribution is 5.89. The highest BCUT2D eigenvalue weighted by Gasteiger charge is 2.37. The summed E-state index contributed by atoms with van der Waals surface area (Å²) in [7, 11) is 1.76. The number of nitrogens with zero attached hydrogens (tertiary/aromatic N) is 6. The largest absolute Gasteiger partial charge is 0.356 e. The van der Waals surface area contributed by atoms with Gasteiger partial charge in [-0.05, 0) is 32.6 Å². The van der Waals surface area contributed by atoms with Crippen LogP contribution in [0, 0.1) is 12.8 Å². The van der Waals surface area contributed by atoms with Crippen LogP contribution in [0.15, 0.2) is 16.8 Å². The standard InChI is InChI=1S/C23H30N6O3/c1-15-10-19(32-26-15)18-12-24-23(28-7-3-4-8-28)25-21(18)16-6-5-9-29(14-16)22(31)17-11-20(30)27(2)13-17/h10,12,16-17H,3-9,11,13-14H2,1-2H3/t16-,17-/m0/s1. The molecule has 32 heavy (non-hydrogen) atoms. The first-order valence-electron chi connectivity index (χ1n) is 11.6. The maximum Gasteiger partial charge on any atom is 0.228 e. The predicted molar refractivity (Wildman–Crippen MR) is 118 cm³/mol. The van der Waals surface area contributed by atoms with Gasteiger partial charge >= 0.3 is 0 Å². The van der Waals surface area contributed by atoms with Crippen LogP contribution in [0.1, 0.15) is 49.4 Å². The first kappa shape index (κ1) is 20.9. The van der Waals surface area contributed by atoms with Crippen molar-refractivity contribution in [3.63, 3.8) is 0 Å². The number of likely N-dealkylation sites (tertiary alicyclic amines) is 2. The average Bonchev–Trinajstić information content (AvgIpc) is 3.56. The summed E-state index contributed by atoms with van der Waals surface area (Å²) >= 11 is 0. The van der Waals surface area contributed by atoms with Crippen LogP contribution in [-0.2, 0) is 9.59 Å². The third kappa shape index (κ3) is 3.96. The summed E-state index contributed by atoms with van der Waals surface area (Å²) in [5, 5.41) is 4.05. The maximum absolute atomic E-state index is 13.2. The van der Waals surface area contributed by atoms with E-state index in [1.54, 1.807) is 11.9 Å². The molecule has 0 radical (unpaired) electrons. The van der Waals surface area contributed by atoms with Crippen LogP contribution in [0.3, 0.4) is 0 Å². The molecule has 3 aliphatic rings. The Balaban J connectivity index is 1.43. The van der Waals surface area contributed by atoms with Gasteiger partial charge < -0.3 is 19.2 Å². The lowest BCUT2D eigenvalue weighted by Crippen LogP contribution is -2.43. The van der Waals surface area contributed by atoms with E-state index in [-0.39, 0.29) is 23.7 Å². The monoisotopic (exact) mass is 438 g/mol. The number of rotatable bonds is 4. The second-order valence-electron chi connectivity index (χ2n) is 9.29. The summed E-state index contributed by atoms with van der Waals surface area (Å²) in [6, 6.07) is 1.91. The Bertz CT molecular complexity index is 1010. The Labute approximate surface area is 187 Å². The number of piperidine rings is 1. The Morgan fingerprint density at radius 3 is 2.66 bits per heavy atom. The molecule has 3 saturated heterocycles. The Morgan fingerprint density at radius 2 is 1.97 bits per heavy atom. The minimum absolute atomic E-state index is 0.0472. The van der Waals surface area contributed by atoms with Crippen molar-refractivity contribution in [2.45, 2.75) is 44.9 Å². The van der Waals surface area contributed by atoms with Gasteiger partial charge in [0.1, 0.15) is 0 Å². The molecule has 2 atom stereocenters. The molecule has 2 aromatic heterocycles. The van der Waals surface area contributed by atoms with Gasteiger partial charge in [0.2, 0.25) is 17.8 Å². The summed E-state index contributed by atoms with van der Waals surface area (Å²) in [5.41, 5.74) is 2.59. The number of carbonyl (C=O) groups is 2. The molecule has 0 unspecified atom stereocenters. The van der Waals surface area contributed by atoms with E-state index in [0.29, 0.717) is 25.3 Å². The molecule has 0 spiro atoms.